The van der Waals surface area contributed by atoms with Crippen LogP contribution < -0.4 is 26.4 Å². The summed E-state index contributed by atoms with van der Waals surface area (Å²) in [7, 11) is 2.07. The Morgan fingerprint density at radius 1 is 1.16 bits per heavy atom. The van der Waals surface area contributed by atoms with E-state index < -0.39 is 5.91 Å². The molecule has 0 atom stereocenters. The number of amides is 2. The standard InChI is InChI=1S/C24H26ClN9O2S/c1-4-6-20(35)32-31-18-13-19(34-11-9-33(3)10-12-34)28-23(27-18)30-24-26-14-17(37-24)22(36)29-21-15(2)7-5-8-16(21)25/h5,7-8,13-14H,9-12H2,1-3H3,(H,29,36)(H,32,35)(H2,26,27,28,30,31). The summed E-state index contributed by atoms with van der Waals surface area (Å²) < 4.78 is 0. The maximum absolute atomic E-state index is 12.8. The highest BCUT2D eigenvalue weighted by molar-refractivity contribution is 7.17. The fraction of sp³-hybridized carbons (Fsp3) is 0.292. The lowest BCUT2D eigenvalue weighted by molar-refractivity contribution is -0.115. The van der Waals surface area contributed by atoms with Gasteiger partial charge >= 0.3 is 5.91 Å². The maximum atomic E-state index is 12.8. The third-order valence-electron chi connectivity index (χ3n) is 5.49. The van der Waals surface area contributed by atoms with Crippen LogP contribution in [0.4, 0.5) is 28.4 Å². The van der Waals surface area contributed by atoms with Gasteiger partial charge in [0, 0.05) is 32.2 Å². The van der Waals surface area contributed by atoms with Gasteiger partial charge in [0.05, 0.1) is 16.9 Å². The van der Waals surface area contributed by atoms with E-state index >= 15 is 0 Å². The Hall–Kier alpha value is -3.92. The average molecular weight is 540 g/mol. The minimum absolute atomic E-state index is 0.262. The molecular weight excluding hydrogens is 514 g/mol. The maximum Gasteiger partial charge on any atom is 0.314 e. The molecule has 2 aromatic heterocycles. The SMILES string of the molecule is CC#CC(=O)NNc1cc(N2CCN(C)CC2)nc(Nc2ncc(C(=O)Nc3c(C)cccc3Cl)s2)n1. The summed E-state index contributed by atoms with van der Waals surface area (Å²) in [4.78, 5) is 42.7. The predicted molar refractivity (Wildman–Crippen MR) is 146 cm³/mol. The molecule has 3 heterocycles. The molecule has 1 saturated heterocycles. The molecule has 4 rings (SSSR count). The summed E-state index contributed by atoms with van der Waals surface area (Å²) in [5, 5.41) is 6.81. The van der Waals surface area contributed by atoms with Gasteiger partial charge in [-0.2, -0.15) is 9.97 Å². The molecule has 1 aliphatic heterocycles. The molecule has 1 aliphatic rings. The minimum atomic E-state index is -0.485. The van der Waals surface area contributed by atoms with Crippen molar-refractivity contribution in [3.63, 3.8) is 0 Å². The van der Waals surface area contributed by atoms with Gasteiger partial charge in [0.1, 0.15) is 10.7 Å². The van der Waals surface area contributed by atoms with E-state index in [0.29, 0.717) is 32.4 Å². The van der Waals surface area contributed by atoms with Crippen molar-refractivity contribution >= 4 is 63.2 Å². The first-order valence-electron chi connectivity index (χ1n) is 11.4. The van der Waals surface area contributed by atoms with E-state index in [1.165, 1.54) is 6.20 Å². The van der Waals surface area contributed by atoms with Crippen LogP contribution in [0, 0.1) is 18.8 Å². The number of hydrazine groups is 1. The number of aryl methyl sites for hydroxylation is 1. The number of nitrogens with zero attached hydrogens (tertiary/aromatic N) is 5. The van der Waals surface area contributed by atoms with E-state index in [1.54, 1.807) is 19.1 Å². The molecule has 2 amide bonds. The van der Waals surface area contributed by atoms with Crippen LogP contribution in [0.2, 0.25) is 5.02 Å². The van der Waals surface area contributed by atoms with Crippen molar-refractivity contribution in [2.45, 2.75) is 13.8 Å². The number of carbonyl (C=O) groups is 2. The van der Waals surface area contributed by atoms with Crippen LogP contribution in [-0.2, 0) is 4.79 Å². The molecule has 0 unspecified atom stereocenters. The molecule has 13 heteroatoms. The normalized spacial score (nSPS) is 13.4. The number of aromatic nitrogens is 3. The Bertz CT molecular complexity index is 1340. The molecule has 0 saturated carbocycles. The van der Waals surface area contributed by atoms with E-state index in [1.807, 2.05) is 19.1 Å². The number of anilines is 5. The fourth-order valence-electron chi connectivity index (χ4n) is 3.52. The lowest BCUT2D eigenvalue weighted by Crippen LogP contribution is -2.45. The molecule has 37 heavy (non-hydrogen) atoms. The van der Waals surface area contributed by atoms with Gasteiger partial charge in [-0.1, -0.05) is 41.0 Å². The van der Waals surface area contributed by atoms with Crippen molar-refractivity contribution in [3.8, 4) is 11.8 Å². The molecular formula is C24H26ClN9O2S. The molecule has 0 spiro atoms. The summed E-state index contributed by atoms with van der Waals surface area (Å²) in [5.41, 5.74) is 6.69. The van der Waals surface area contributed by atoms with Gasteiger partial charge in [-0.15, -0.1) is 0 Å². The van der Waals surface area contributed by atoms with E-state index in [4.69, 9.17) is 11.6 Å². The van der Waals surface area contributed by atoms with Gasteiger partial charge < -0.3 is 15.1 Å². The number of hydrogen-bond donors (Lipinski definition) is 4. The zero-order valence-electron chi connectivity index (χ0n) is 20.6. The van der Waals surface area contributed by atoms with Gasteiger partial charge in [-0.05, 0) is 38.4 Å². The number of halogens is 1. The minimum Gasteiger partial charge on any atom is -0.354 e. The zero-order valence-corrected chi connectivity index (χ0v) is 22.1. The van der Waals surface area contributed by atoms with Crippen LogP contribution in [0.25, 0.3) is 0 Å². The van der Waals surface area contributed by atoms with Crippen LogP contribution in [0.15, 0.2) is 30.5 Å². The lowest BCUT2D eigenvalue weighted by Gasteiger charge is -2.33. The molecule has 3 aromatic rings. The third kappa shape index (κ3) is 6.85. The lowest BCUT2D eigenvalue weighted by atomic mass is 10.2. The summed E-state index contributed by atoms with van der Waals surface area (Å²) in [5.74, 6) is 5.46. The quantitative estimate of drug-likeness (QED) is 0.264. The molecule has 192 valence electrons. The van der Waals surface area contributed by atoms with Gasteiger partial charge in [0.15, 0.2) is 10.9 Å². The highest BCUT2D eigenvalue weighted by Crippen LogP contribution is 2.28. The highest BCUT2D eigenvalue weighted by atomic mass is 35.5. The number of hydrogen-bond acceptors (Lipinski definition) is 10. The third-order valence-corrected chi connectivity index (χ3v) is 6.72. The van der Waals surface area contributed by atoms with Gasteiger partial charge in [-0.25, -0.2) is 4.98 Å². The van der Waals surface area contributed by atoms with Crippen LogP contribution in [0.3, 0.4) is 0 Å². The second kappa shape index (κ2) is 11.9. The van der Waals surface area contributed by atoms with Crippen LogP contribution in [0.1, 0.15) is 22.2 Å². The number of nitrogens with one attached hydrogen (secondary N) is 4. The summed E-state index contributed by atoms with van der Waals surface area (Å²) in [6.45, 7) is 6.83. The summed E-state index contributed by atoms with van der Waals surface area (Å²) in [6, 6.07) is 7.17. The van der Waals surface area contributed by atoms with Crippen molar-refractivity contribution in [3.05, 3.63) is 45.9 Å². The molecule has 1 fully saturated rings. The molecule has 0 radical (unpaired) electrons. The van der Waals surface area contributed by atoms with Crippen molar-refractivity contribution < 1.29 is 9.59 Å². The number of benzene rings is 1. The van der Waals surface area contributed by atoms with E-state index in [2.05, 4.69) is 65.1 Å². The number of thiazole rings is 1. The average Bonchev–Trinajstić information content (AvgIpc) is 3.34. The molecule has 0 bridgehead atoms. The Balaban J connectivity index is 1.52. The number of piperazine rings is 1. The second-order valence-electron chi connectivity index (χ2n) is 8.22. The number of carbonyl (C=O) groups excluding carboxylic acids is 2. The second-order valence-corrected chi connectivity index (χ2v) is 9.66. The summed E-state index contributed by atoms with van der Waals surface area (Å²) in [6.07, 6.45) is 1.47. The fourth-order valence-corrected chi connectivity index (χ4v) is 4.49. The van der Waals surface area contributed by atoms with Gasteiger partial charge in [-0.3, -0.25) is 25.8 Å². The monoisotopic (exact) mass is 539 g/mol. The Morgan fingerprint density at radius 2 is 1.95 bits per heavy atom. The Labute approximate surface area is 223 Å². The van der Waals surface area contributed by atoms with Crippen LogP contribution in [0.5, 0.6) is 0 Å². The number of likely N-dealkylation sites (N-methyl/N-ethyl adjacent to an activating group) is 1. The molecule has 1 aromatic carbocycles. The zero-order chi connectivity index (χ0) is 26.4. The van der Waals surface area contributed by atoms with E-state index in [-0.39, 0.29) is 11.9 Å². The van der Waals surface area contributed by atoms with Crippen LogP contribution in [-0.4, -0.2) is 64.9 Å². The first kappa shape index (κ1) is 26.2. The van der Waals surface area contributed by atoms with Crippen molar-refractivity contribution in [1.82, 2.24) is 25.3 Å². The number of rotatable bonds is 7. The van der Waals surface area contributed by atoms with Crippen molar-refractivity contribution in [1.29, 1.82) is 0 Å². The predicted octanol–water partition coefficient (Wildman–Crippen LogP) is 3.11. The first-order valence-corrected chi connectivity index (χ1v) is 12.6. The van der Waals surface area contributed by atoms with Crippen LogP contribution >= 0.6 is 22.9 Å². The number of para-hydroxylation sites is 1. The highest BCUT2D eigenvalue weighted by Gasteiger charge is 2.19. The molecule has 0 aliphatic carbocycles. The topological polar surface area (TPSA) is 127 Å². The first-order chi connectivity index (χ1) is 17.8. The Kier molecular flexibility index (Phi) is 8.39. The van der Waals surface area contributed by atoms with Gasteiger partial charge in [0.2, 0.25) is 5.95 Å². The van der Waals surface area contributed by atoms with E-state index in [9.17, 15) is 9.59 Å². The largest absolute Gasteiger partial charge is 0.354 e. The van der Waals surface area contributed by atoms with E-state index in [0.717, 1.165) is 43.1 Å². The summed E-state index contributed by atoms with van der Waals surface area (Å²) >= 11 is 7.39. The van der Waals surface area contributed by atoms with Gasteiger partial charge in [0.25, 0.3) is 5.91 Å². The smallest absolute Gasteiger partial charge is 0.314 e. The Morgan fingerprint density at radius 3 is 2.68 bits per heavy atom. The molecule has 4 N–H and O–H groups in total. The molecule has 11 nitrogen and oxygen atoms in total. The van der Waals surface area contributed by atoms with Crippen molar-refractivity contribution in [2.24, 2.45) is 0 Å². The van der Waals surface area contributed by atoms with Crippen molar-refractivity contribution in [2.75, 3.05) is 54.2 Å².